The van der Waals surface area contributed by atoms with Crippen LogP contribution in [0.25, 0.3) is 0 Å². The lowest BCUT2D eigenvalue weighted by Crippen LogP contribution is -1.95. The first-order chi connectivity index (χ1) is 8.65. The molecule has 6 heteroatoms. The highest BCUT2D eigenvalue weighted by atomic mass is 32.1. The van der Waals surface area contributed by atoms with Crippen molar-refractivity contribution >= 4 is 22.2 Å². The first-order valence-corrected chi connectivity index (χ1v) is 5.90. The van der Waals surface area contributed by atoms with Crippen LogP contribution >= 0.6 is 11.5 Å². The zero-order valence-electron chi connectivity index (χ0n) is 9.82. The molecular weight excluding hydrogens is 253 g/mol. The van der Waals surface area contributed by atoms with Crippen molar-refractivity contribution in [3.05, 3.63) is 35.3 Å². The van der Waals surface area contributed by atoms with E-state index in [2.05, 4.69) is 9.69 Å². The van der Waals surface area contributed by atoms with Crippen molar-refractivity contribution in [2.45, 2.75) is 6.92 Å². The third-order valence-corrected chi connectivity index (χ3v) is 3.25. The van der Waals surface area contributed by atoms with Gasteiger partial charge in [0.05, 0.1) is 18.5 Å². The van der Waals surface area contributed by atoms with Crippen LogP contribution in [0.3, 0.4) is 0 Å². The molecule has 4 nitrogen and oxygen atoms in total. The second-order valence-electron chi connectivity index (χ2n) is 3.55. The molecule has 0 amide bonds. The van der Waals surface area contributed by atoms with E-state index < -0.39 is 5.82 Å². The predicted octanol–water partition coefficient (Wildman–Crippen LogP) is 3.21. The number of nitrogens with zero attached hydrogens (tertiary/aromatic N) is 2. The third-order valence-electron chi connectivity index (χ3n) is 2.40. The second kappa shape index (κ2) is 5.02. The lowest BCUT2D eigenvalue weighted by molar-refractivity contribution is 0.414. The molecule has 0 aliphatic rings. The standard InChI is InChI=1S/C12H10FN3OS/c1-7-9(6-14)12(18-16-7)15-11-5-8(17-2)3-4-10(11)13/h3-5,15H,1-2H3. The fourth-order valence-electron chi connectivity index (χ4n) is 1.44. The maximum absolute atomic E-state index is 13.6. The smallest absolute Gasteiger partial charge is 0.146 e. The number of halogens is 1. The Hall–Kier alpha value is -2.13. The van der Waals surface area contributed by atoms with Gasteiger partial charge in [0, 0.05) is 6.07 Å². The van der Waals surface area contributed by atoms with E-state index in [1.807, 2.05) is 6.07 Å². The van der Waals surface area contributed by atoms with E-state index in [4.69, 9.17) is 10.00 Å². The molecule has 0 spiro atoms. The van der Waals surface area contributed by atoms with Crippen molar-refractivity contribution in [3.8, 4) is 11.8 Å². The Labute approximate surface area is 108 Å². The van der Waals surface area contributed by atoms with E-state index in [1.165, 1.54) is 25.3 Å². The maximum Gasteiger partial charge on any atom is 0.146 e. The number of hydrogen-bond donors (Lipinski definition) is 1. The van der Waals surface area contributed by atoms with Crippen LogP contribution in [0.15, 0.2) is 18.2 Å². The Kier molecular flexibility index (Phi) is 3.44. The molecule has 0 saturated heterocycles. The molecule has 0 aliphatic heterocycles. The molecular formula is C12H10FN3OS. The Balaban J connectivity index is 2.37. The molecule has 1 aromatic carbocycles. The summed E-state index contributed by atoms with van der Waals surface area (Å²) in [5.74, 6) is 0.129. The average molecular weight is 263 g/mol. The third kappa shape index (κ3) is 2.26. The van der Waals surface area contributed by atoms with Gasteiger partial charge in [-0.05, 0) is 30.6 Å². The maximum atomic E-state index is 13.6. The quantitative estimate of drug-likeness (QED) is 0.923. The number of aryl methyl sites for hydroxylation is 1. The molecule has 1 aromatic heterocycles. The summed E-state index contributed by atoms with van der Waals surface area (Å²) in [6.07, 6.45) is 0. The van der Waals surface area contributed by atoms with Crippen LogP contribution in [0.5, 0.6) is 5.75 Å². The molecule has 92 valence electrons. The molecule has 18 heavy (non-hydrogen) atoms. The molecule has 0 atom stereocenters. The Morgan fingerprint density at radius 1 is 1.50 bits per heavy atom. The summed E-state index contributed by atoms with van der Waals surface area (Å²) >= 11 is 1.13. The van der Waals surface area contributed by atoms with E-state index in [1.54, 1.807) is 6.92 Å². The minimum absolute atomic E-state index is 0.259. The number of hydrogen-bond acceptors (Lipinski definition) is 5. The van der Waals surface area contributed by atoms with Crippen LogP contribution in [0.2, 0.25) is 0 Å². The van der Waals surface area contributed by atoms with Gasteiger partial charge in [-0.1, -0.05) is 0 Å². The van der Waals surface area contributed by atoms with Crippen molar-refractivity contribution in [3.63, 3.8) is 0 Å². The lowest BCUT2D eigenvalue weighted by atomic mass is 10.2. The molecule has 2 aromatic rings. The van der Waals surface area contributed by atoms with Crippen LogP contribution in [0.1, 0.15) is 11.3 Å². The SMILES string of the molecule is COc1ccc(F)c(Nc2snc(C)c2C#N)c1. The Morgan fingerprint density at radius 3 is 2.94 bits per heavy atom. The van der Waals surface area contributed by atoms with Gasteiger partial charge in [0.25, 0.3) is 0 Å². The highest BCUT2D eigenvalue weighted by Gasteiger charge is 2.12. The van der Waals surface area contributed by atoms with E-state index in [-0.39, 0.29) is 5.69 Å². The Bertz CT molecular complexity index is 618. The fraction of sp³-hybridized carbons (Fsp3) is 0.167. The zero-order valence-corrected chi connectivity index (χ0v) is 10.6. The molecule has 0 saturated carbocycles. The van der Waals surface area contributed by atoms with Gasteiger partial charge in [-0.2, -0.15) is 9.64 Å². The second-order valence-corrected chi connectivity index (χ2v) is 4.33. The normalized spacial score (nSPS) is 9.89. The summed E-state index contributed by atoms with van der Waals surface area (Å²) in [6, 6.07) is 6.42. The van der Waals surface area contributed by atoms with Crippen molar-refractivity contribution in [1.29, 1.82) is 5.26 Å². The monoisotopic (exact) mass is 263 g/mol. The molecule has 1 N–H and O–H groups in total. The summed E-state index contributed by atoms with van der Waals surface area (Å²) in [5.41, 5.74) is 1.32. The summed E-state index contributed by atoms with van der Waals surface area (Å²) in [5, 5.41) is 12.4. The molecule has 0 radical (unpaired) electrons. The lowest BCUT2D eigenvalue weighted by Gasteiger charge is -2.07. The first kappa shape index (κ1) is 12.3. The van der Waals surface area contributed by atoms with Crippen LogP contribution < -0.4 is 10.1 Å². The Morgan fingerprint density at radius 2 is 2.28 bits per heavy atom. The van der Waals surface area contributed by atoms with E-state index in [0.29, 0.717) is 22.0 Å². The molecule has 1 heterocycles. The highest BCUT2D eigenvalue weighted by Crippen LogP contribution is 2.30. The van der Waals surface area contributed by atoms with Crippen molar-refractivity contribution < 1.29 is 9.13 Å². The summed E-state index contributed by atoms with van der Waals surface area (Å²) in [4.78, 5) is 0. The van der Waals surface area contributed by atoms with E-state index >= 15 is 0 Å². The van der Waals surface area contributed by atoms with Crippen LogP contribution in [0.4, 0.5) is 15.1 Å². The van der Waals surface area contributed by atoms with Gasteiger partial charge in [-0.15, -0.1) is 0 Å². The minimum Gasteiger partial charge on any atom is -0.497 e. The number of rotatable bonds is 3. The summed E-state index contributed by atoms with van der Waals surface area (Å²) in [7, 11) is 1.51. The molecule has 0 unspecified atom stereocenters. The van der Waals surface area contributed by atoms with Gasteiger partial charge in [-0.3, -0.25) is 0 Å². The summed E-state index contributed by atoms with van der Waals surface area (Å²) in [6.45, 7) is 1.74. The number of aromatic nitrogens is 1. The fourth-order valence-corrected chi connectivity index (χ4v) is 2.20. The van der Waals surface area contributed by atoms with Gasteiger partial charge in [-0.25, -0.2) is 4.39 Å². The van der Waals surface area contributed by atoms with Gasteiger partial charge in [0.15, 0.2) is 0 Å². The molecule has 0 aliphatic carbocycles. The number of anilines is 2. The van der Waals surface area contributed by atoms with Crippen LogP contribution in [-0.4, -0.2) is 11.5 Å². The topological polar surface area (TPSA) is 57.9 Å². The highest BCUT2D eigenvalue weighted by molar-refractivity contribution is 7.10. The number of nitrogens with one attached hydrogen (secondary N) is 1. The van der Waals surface area contributed by atoms with Crippen molar-refractivity contribution in [1.82, 2.24) is 4.37 Å². The number of ether oxygens (including phenoxy) is 1. The molecule has 0 fully saturated rings. The van der Waals surface area contributed by atoms with E-state index in [0.717, 1.165) is 11.5 Å². The van der Waals surface area contributed by atoms with Crippen molar-refractivity contribution in [2.24, 2.45) is 0 Å². The molecule has 0 bridgehead atoms. The minimum atomic E-state index is -0.411. The predicted molar refractivity (Wildman–Crippen MR) is 67.8 cm³/mol. The van der Waals surface area contributed by atoms with Gasteiger partial charge in [0.2, 0.25) is 0 Å². The number of methoxy groups -OCH3 is 1. The van der Waals surface area contributed by atoms with Crippen LogP contribution in [-0.2, 0) is 0 Å². The van der Waals surface area contributed by atoms with Crippen molar-refractivity contribution in [2.75, 3.05) is 12.4 Å². The first-order valence-electron chi connectivity index (χ1n) is 5.12. The van der Waals surface area contributed by atoms with Gasteiger partial charge in [0.1, 0.15) is 28.2 Å². The van der Waals surface area contributed by atoms with Gasteiger partial charge < -0.3 is 10.1 Å². The van der Waals surface area contributed by atoms with E-state index in [9.17, 15) is 4.39 Å². The van der Waals surface area contributed by atoms with Gasteiger partial charge >= 0.3 is 0 Å². The number of nitriles is 1. The molecule has 2 rings (SSSR count). The zero-order chi connectivity index (χ0) is 13.1. The number of benzene rings is 1. The van der Waals surface area contributed by atoms with Crippen LogP contribution in [0, 0.1) is 24.1 Å². The average Bonchev–Trinajstić information content (AvgIpc) is 2.72. The summed E-state index contributed by atoms with van der Waals surface area (Å²) < 4.78 is 22.7. The largest absolute Gasteiger partial charge is 0.497 e.